The highest BCUT2D eigenvalue weighted by Crippen LogP contribution is 2.36. The fourth-order valence-electron chi connectivity index (χ4n) is 4.50. The Balaban J connectivity index is 2.08. The standard InChI is InChI=1S/C22H32BrN3O/c1-5-7-18(16-9-8-15(3)25(4)13-12-16)21-24-20-11-10-17(23)14-19(20)22(27)26(21)6-2/h10-11,14-16,18H,5-9,12-13H2,1-4H3/t15-,16+,18+/m0/s1. The minimum absolute atomic E-state index is 0.0963. The molecule has 1 aliphatic heterocycles. The summed E-state index contributed by atoms with van der Waals surface area (Å²) in [6.07, 6.45) is 5.83. The van der Waals surface area contributed by atoms with E-state index < -0.39 is 0 Å². The first-order valence-corrected chi connectivity index (χ1v) is 11.2. The minimum Gasteiger partial charge on any atom is -0.304 e. The van der Waals surface area contributed by atoms with Gasteiger partial charge in [0, 0.05) is 23.0 Å². The van der Waals surface area contributed by atoms with E-state index in [-0.39, 0.29) is 5.56 Å². The van der Waals surface area contributed by atoms with Gasteiger partial charge in [-0.15, -0.1) is 0 Å². The third-order valence-electron chi connectivity index (χ3n) is 6.32. The molecule has 3 atom stereocenters. The third-order valence-corrected chi connectivity index (χ3v) is 6.82. The predicted octanol–water partition coefficient (Wildman–Crippen LogP) is 5.18. The highest BCUT2D eigenvalue weighted by Gasteiger charge is 2.30. The molecule has 1 aromatic carbocycles. The predicted molar refractivity (Wildman–Crippen MR) is 116 cm³/mol. The van der Waals surface area contributed by atoms with Gasteiger partial charge in [-0.1, -0.05) is 29.3 Å². The van der Waals surface area contributed by atoms with Crippen molar-refractivity contribution in [1.82, 2.24) is 14.5 Å². The summed E-state index contributed by atoms with van der Waals surface area (Å²) in [5.74, 6) is 1.95. The van der Waals surface area contributed by atoms with Crippen LogP contribution in [0.1, 0.15) is 64.6 Å². The second-order valence-electron chi connectivity index (χ2n) is 8.03. The lowest BCUT2D eigenvalue weighted by Gasteiger charge is -2.28. The van der Waals surface area contributed by atoms with Crippen molar-refractivity contribution in [2.75, 3.05) is 13.6 Å². The Morgan fingerprint density at radius 2 is 2.04 bits per heavy atom. The molecule has 0 unspecified atom stereocenters. The summed E-state index contributed by atoms with van der Waals surface area (Å²) < 4.78 is 2.85. The number of fused-ring (bicyclic) bond motifs is 1. The number of hydrogen-bond donors (Lipinski definition) is 0. The molecule has 0 bridgehead atoms. The van der Waals surface area contributed by atoms with Crippen LogP contribution in [0, 0.1) is 5.92 Å². The van der Waals surface area contributed by atoms with Crippen molar-refractivity contribution < 1.29 is 0 Å². The van der Waals surface area contributed by atoms with Gasteiger partial charge in [-0.05, 0) is 77.2 Å². The number of aromatic nitrogens is 2. The lowest BCUT2D eigenvalue weighted by molar-refractivity contribution is 0.261. The van der Waals surface area contributed by atoms with Crippen molar-refractivity contribution in [3.8, 4) is 0 Å². The lowest BCUT2D eigenvalue weighted by Crippen LogP contribution is -2.30. The molecule has 3 rings (SSSR count). The Morgan fingerprint density at radius 1 is 1.26 bits per heavy atom. The van der Waals surface area contributed by atoms with E-state index in [1.807, 2.05) is 22.8 Å². The molecule has 27 heavy (non-hydrogen) atoms. The molecule has 1 saturated heterocycles. The van der Waals surface area contributed by atoms with Crippen molar-refractivity contribution in [1.29, 1.82) is 0 Å². The van der Waals surface area contributed by atoms with Crippen LogP contribution in [-0.2, 0) is 6.54 Å². The summed E-state index contributed by atoms with van der Waals surface area (Å²) in [4.78, 5) is 20.7. The molecule has 148 valence electrons. The molecular formula is C22H32BrN3O. The molecule has 0 amide bonds. The van der Waals surface area contributed by atoms with Gasteiger partial charge in [-0.25, -0.2) is 4.98 Å². The molecule has 0 saturated carbocycles. The average Bonchev–Trinajstić information content (AvgIpc) is 2.82. The molecular weight excluding hydrogens is 402 g/mol. The molecule has 1 aliphatic rings. The maximum absolute atomic E-state index is 13.2. The van der Waals surface area contributed by atoms with Gasteiger partial charge in [-0.2, -0.15) is 0 Å². The molecule has 0 N–H and O–H groups in total. The monoisotopic (exact) mass is 433 g/mol. The Hall–Kier alpha value is -1.20. The van der Waals surface area contributed by atoms with Gasteiger partial charge in [0.05, 0.1) is 10.9 Å². The number of likely N-dealkylation sites (tertiary alicyclic amines) is 1. The van der Waals surface area contributed by atoms with Gasteiger partial charge in [0.2, 0.25) is 0 Å². The van der Waals surface area contributed by atoms with Crippen LogP contribution in [0.15, 0.2) is 27.5 Å². The van der Waals surface area contributed by atoms with Crippen LogP contribution in [0.3, 0.4) is 0 Å². The smallest absolute Gasteiger partial charge is 0.261 e. The van der Waals surface area contributed by atoms with Crippen LogP contribution in [0.4, 0.5) is 0 Å². The van der Waals surface area contributed by atoms with Crippen LogP contribution >= 0.6 is 15.9 Å². The highest BCUT2D eigenvalue weighted by molar-refractivity contribution is 9.10. The van der Waals surface area contributed by atoms with E-state index >= 15 is 0 Å². The molecule has 0 aliphatic carbocycles. The van der Waals surface area contributed by atoms with E-state index in [1.54, 1.807) is 0 Å². The summed E-state index contributed by atoms with van der Waals surface area (Å²) >= 11 is 3.49. The van der Waals surface area contributed by atoms with Crippen LogP contribution in [0.5, 0.6) is 0 Å². The fraction of sp³-hybridized carbons (Fsp3) is 0.636. The topological polar surface area (TPSA) is 38.1 Å². The largest absolute Gasteiger partial charge is 0.304 e. The van der Waals surface area contributed by atoms with Crippen LogP contribution in [0.2, 0.25) is 0 Å². The molecule has 0 spiro atoms. The number of rotatable bonds is 5. The number of benzene rings is 1. The molecule has 0 radical (unpaired) electrons. The Labute approximate surface area is 171 Å². The maximum Gasteiger partial charge on any atom is 0.261 e. The lowest BCUT2D eigenvalue weighted by atomic mass is 9.82. The molecule has 2 heterocycles. The van der Waals surface area contributed by atoms with E-state index in [0.29, 0.717) is 29.8 Å². The van der Waals surface area contributed by atoms with E-state index in [4.69, 9.17) is 4.98 Å². The number of nitrogens with zero attached hydrogens (tertiary/aromatic N) is 3. The van der Waals surface area contributed by atoms with E-state index in [0.717, 1.165) is 35.2 Å². The van der Waals surface area contributed by atoms with Crippen LogP contribution < -0.4 is 5.56 Å². The molecule has 1 fully saturated rings. The first kappa shape index (κ1) is 20.5. The summed E-state index contributed by atoms with van der Waals surface area (Å²) in [5, 5.41) is 0.708. The summed E-state index contributed by atoms with van der Waals surface area (Å²) in [5.41, 5.74) is 0.919. The van der Waals surface area contributed by atoms with Gasteiger partial charge >= 0.3 is 0 Å². The molecule has 2 aromatic rings. The van der Waals surface area contributed by atoms with Gasteiger partial charge < -0.3 is 4.90 Å². The summed E-state index contributed by atoms with van der Waals surface area (Å²) in [6, 6.07) is 6.48. The molecule has 5 heteroatoms. The average molecular weight is 434 g/mol. The normalized spacial score (nSPS) is 22.7. The Morgan fingerprint density at radius 3 is 2.74 bits per heavy atom. The minimum atomic E-state index is 0.0963. The van der Waals surface area contributed by atoms with Crippen molar-refractivity contribution in [3.05, 3.63) is 38.9 Å². The maximum atomic E-state index is 13.2. The Kier molecular flexibility index (Phi) is 6.74. The first-order valence-electron chi connectivity index (χ1n) is 10.4. The molecule has 4 nitrogen and oxygen atoms in total. The summed E-state index contributed by atoms with van der Waals surface area (Å²) in [7, 11) is 2.23. The van der Waals surface area contributed by atoms with E-state index in [9.17, 15) is 4.79 Å². The van der Waals surface area contributed by atoms with Gasteiger partial charge in [0.25, 0.3) is 5.56 Å². The van der Waals surface area contributed by atoms with Crippen molar-refractivity contribution >= 4 is 26.8 Å². The van der Waals surface area contributed by atoms with Gasteiger partial charge in [-0.3, -0.25) is 9.36 Å². The second-order valence-corrected chi connectivity index (χ2v) is 8.95. The number of hydrogen-bond acceptors (Lipinski definition) is 3. The zero-order valence-electron chi connectivity index (χ0n) is 17.0. The molecule has 1 aromatic heterocycles. The third kappa shape index (κ3) is 4.29. The second kappa shape index (κ2) is 8.87. The Bertz CT molecular complexity index is 835. The zero-order chi connectivity index (χ0) is 19.6. The zero-order valence-corrected chi connectivity index (χ0v) is 18.6. The summed E-state index contributed by atoms with van der Waals surface area (Å²) in [6.45, 7) is 8.43. The van der Waals surface area contributed by atoms with Crippen LogP contribution in [-0.4, -0.2) is 34.1 Å². The van der Waals surface area contributed by atoms with Crippen molar-refractivity contribution in [2.45, 2.75) is 71.4 Å². The van der Waals surface area contributed by atoms with Crippen LogP contribution in [0.25, 0.3) is 10.9 Å². The van der Waals surface area contributed by atoms with Crippen molar-refractivity contribution in [3.63, 3.8) is 0 Å². The van der Waals surface area contributed by atoms with Gasteiger partial charge in [0.15, 0.2) is 0 Å². The van der Waals surface area contributed by atoms with E-state index in [1.165, 1.54) is 19.3 Å². The SMILES string of the molecule is CCC[C@@H](c1nc2ccc(Br)cc2c(=O)n1CC)[C@@H]1CC[C@H](C)N(C)CC1. The van der Waals surface area contributed by atoms with Crippen molar-refractivity contribution in [2.24, 2.45) is 5.92 Å². The van der Waals surface area contributed by atoms with Gasteiger partial charge in [0.1, 0.15) is 5.82 Å². The number of halogens is 1. The fourth-order valence-corrected chi connectivity index (χ4v) is 4.86. The quantitative estimate of drug-likeness (QED) is 0.651. The van der Waals surface area contributed by atoms with E-state index in [2.05, 4.69) is 48.6 Å². The highest BCUT2D eigenvalue weighted by atomic mass is 79.9. The first-order chi connectivity index (χ1) is 13.0.